The Kier molecular flexibility index (Phi) is 7.35. The van der Waals surface area contributed by atoms with E-state index in [0.29, 0.717) is 11.6 Å². The van der Waals surface area contributed by atoms with Gasteiger partial charge in [-0.15, -0.1) is 0 Å². The number of nitrogens with zero attached hydrogens (tertiary/aromatic N) is 2. The van der Waals surface area contributed by atoms with Crippen LogP contribution in [0.5, 0.6) is 0 Å². The van der Waals surface area contributed by atoms with Crippen LogP contribution < -0.4 is 0 Å². The van der Waals surface area contributed by atoms with E-state index < -0.39 is 0 Å². The first kappa shape index (κ1) is 18.1. The summed E-state index contributed by atoms with van der Waals surface area (Å²) in [7, 11) is 5.57. The van der Waals surface area contributed by atoms with Crippen LogP contribution in [0.25, 0.3) is 0 Å². The van der Waals surface area contributed by atoms with Crippen LogP contribution in [0.1, 0.15) is 29.8 Å². The SMILES string of the molecule is CCN(Cc1ccc(C(=O)OC)cc1Br)C(C)CN(C)C. The average Bonchev–Trinajstić information content (AvgIpc) is 2.44. The highest BCUT2D eigenvalue weighted by Crippen LogP contribution is 2.21. The van der Waals surface area contributed by atoms with Gasteiger partial charge in [-0.25, -0.2) is 4.79 Å². The fourth-order valence-electron chi connectivity index (χ4n) is 2.36. The van der Waals surface area contributed by atoms with Crippen LogP contribution in [0.4, 0.5) is 0 Å². The zero-order valence-electron chi connectivity index (χ0n) is 13.5. The highest BCUT2D eigenvalue weighted by atomic mass is 79.9. The van der Waals surface area contributed by atoms with E-state index in [4.69, 9.17) is 4.74 Å². The van der Waals surface area contributed by atoms with Gasteiger partial charge < -0.3 is 9.64 Å². The van der Waals surface area contributed by atoms with Gasteiger partial charge in [0.05, 0.1) is 12.7 Å². The highest BCUT2D eigenvalue weighted by Gasteiger charge is 2.15. The zero-order chi connectivity index (χ0) is 16.0. The number of carbonyl (C=O) groups is 1. The van der Waals surface area contributed by atoms with Crippen LogP contribution in [0.2, 0.25) is 0 Å². The number of esters is 1. The van der Waals surface area contributed by atoms with Crippen LogP contribution in [-0.2, 0) is 11.3 Å². The Bertz CT molecular complexity index is 477. The molecule has 0 fully saturated rings. The third kappa shape index (κ3) is 5.41. The van der Waals surface area contributed by atoms with Crippen molar-refractivity contribution in [2.24, 2.45) is 0 Å². The molecule has 1 aromatic carbocycles. The number of ether oxygens (including phenoxy) is 1. The molecule has 0 aromatic heterocycles. The van der Waals surface area contributed by atoms with Crippen LogP contribution >= 0.6 is 15.9 Å². The molecule has 0 aliphatic heterocycles. The smallest absolute Gasteiger partial charge is 0.337 e. The van der Waals surface area contributed by atoms with E-state index in [-0.39, 0.29) is 5.97 Å². The van der Waals surface area contributed by atoms with Crippen LogP contribution in [0, 0.1) is 0 Å². The maximum Gasteiger partial charge on any atom is 0.337 e. The topological polar surface area (TPSA) is 32.8 Å². The third-order valence-electron chi connectivity index (χ3n) is 3.51. The van der Waals surface area contributed by atoms with E-state index in [1.165, 1.54) is 12.7 Å². The molecule has 0 radical (unpaired) electrons. The summed E-state index contributed by atoms with van der Waals surface area (Å²) in [4.78, 5) is 16.1. The quantitative estimate of drug-likeness (QED) is 0.703. The van der Waals surface area contributed by atoms with Gasteiger partial charge in [-0.3, -0.25) is 4.90 Å². The van der Waals surface area contributed by atoms with E-state index >= 15 is 0 Å². The normalized spacial score (nSPS) is 12.8. The second-order valence-electron chi connectivity index (χ2n) is 5.47. The molecule has 0 heterocycles. The number of carbonyl (C=O) groups excluding carboxylic acids is 1. The number of hydrogen-bond donors (Lipinski definition) is 0. The second-order valence-corrected chi connectivity index (χ2v) is 6.33. The Labute approximate surface area is 136 Å². The largest absolute Gasteiger partial charge is 0.465 e. The zero-order valence-corrected chi connectivity index (χ0v) is 15.1. The first-order valence-corrected chi connectivity index (χ1v) is 7.93. The van der Waals surface area contributed by atoms with Crippen molar-refractivity contribution in [2.75, 3.05) is 34.3 Å². The lowest BCUT2D eigenvalue weighted by Gasteiger charge is -2.30. The first-order valence-electron chi connectivity index (χ1n) is 7.14. The van der Waals surface area contributed by atoms with Gasteiger partial charge in [-0.1, -0.05) is 28.9 Å². The van der Waals surface area contributed by atoms with E-state index in [0.717, 1.165) is 24.1 Å². The van der Waals surface area contributed by atoms with Gasteiger partial charge in [-0.2, -0.15) is 0 Å². The maximum absolute atomic E-state index is 11.5. The molecule has 1 aromatic rings. The van der Waals surface area contributed by atoms with Crippen molar-refractivity contribution in [3.05, 3.63) is 33.8 Å². The summed E-state index contributed by atoms with van der Waals surface area (Å²) >= 11 is 3.56. The molecule has 5 heteroatoms. The van der Waals surface area contributed by atoms with Crippen LogP contribution in [0.15, 0.2) is 22.7 Å². The van der Waals surface area contributed by atoms with E-state index in [1.54, 1.807) is 0 Å². The molecule has 21 heavy (non-hydrogen) atoms. The number of benzene rings is 1. The van der Waals surface area contributed by atoms with Crippen molar-refractivity contribution in [3.8, 4) is 0 Å². The van der Waals surface area contributed by atoms with Gasteiger partial charge in [0.25, 0.3) is 0 Å². The average molecular weight is 357 g/mol. The van der Waals surface area contributed by atoms with Crippen molar-refractivity contribution >= 4 is 21.9 Å². The fraction of sp³-hybridized carbons (Fsp3) is 0.562. The molecule has 0 saturated heterocycles. The van der Waals surface area contributed by atoms with Gasteiger partial charge in [0.2, 0.25) is 0 Å². The molecule has 0 amide bonds. The number of halogens is 1. The molecule has 1 atom stereocenters. The molecule has 0 bridgehead atoms. The van der Waals surface area contributed by atoms with Crippen molar-refractivity contribution < 1.29 is 9.53 Å². The molecule has 0 aliphatic carbocycles. The lowest BCUT2D eigenvalue weighted by Crippen LogP contribution is -2.39. The number of hydrogen-bond acceptors (Lipinski definition) is 4. The minimum atomic E-state index is -0.310. The van der Waals surface area contributed by atoms with Gasteiger partial charge in [0.15, 0.2) is 0 Å². The molecular weight excluding hydrogens is 332 g/mol. The van der Waals surface area contributed by atoms with Crippen molar-refractivity contribution in [1.29, 1.82) is 0 Å². The number of methoxy groups -OCH3 is 1. The fourth-order valence-corrected chi connectivity index (χ4v) is 2.87. The minimum absolute atomic E-state index is 0.310. The maximum atomic E-state index is 11.5. The Morgan fingerprint density at radius 1 is 1.38 bits per heavy atom. The van der Waals surface area contributed by atoms with E-state index in [1.807, 2.05) is 18.2 Å². The molecule has 1 rings (SSSR count). The van der Waals surface area contributed by atoms with Crippen LogP contribution in [-0.4, -0.2) is 56.1 Å². The highest BCUT2D eigenvalue weighted by molar-refractivity contribution is 9.10. The third-order valence-corrected chi connectivity index (χ3v) is 4.24. The van der Waals surface area contributed by atoms with Crippen molar-refractivity contribution in [3.63, 3.8) is 0 Å². The molecular formula is C16H25BrN2O2. The Hall–Kier alpha value is -0.910. The summed E-state index contributed by atoms with van der Waals surface area (Å²) in [5, 5.41) is 0. The lowest BCUT2D eigenvalue weighted by molar-refractivity contribution is 0.0600. The number of likely N-dealkylation sites (N-methyl/N-ethyl adjacent to an activating group) is 2. The molecule has 0 aliphatic rings. The summed E-state index contributed by atoms with van der Waals surface area (Å²) in [5.74, 6) is -0.310. The molecule has 0 spiro atoms. The lowest BCUT2D eigenvalue weighted by atomic mass is 10.1. The van der Waals surface area contributed by atoms with Gasteiger partial charge in [0, 0.05) is 23.6 Å². The number of rotatable bonds is 7. The summed E-state index contributed by atoms with van der Waals surface area (Å²) in [6.45, 7) is 7.27. The van der Waals surface area contributed by atoms with Crippen molar-refractivity contribution in [1.82, 2.24) is 9.80 Å². The Morgan fingerprint density at radius 3 is 2.52 bits per heavy atom. The summed E-state index contributed by atoms with van der Waals surface area (Å²) < 4.78 is 5.68. The molecule has 118 valence electrons. The summed E-state index contributed by atoms with van der Waals surface area (Å²) in [6, 6.07) is 6.10. The van der Waals surface area contributed by atoms with Gasteiger partial charge in [0.1, 0.15) is 0 Å². The molecule has 0 N–H and O–H groups in total. The predicted molar refractivity (Wildman–Crippen MR) is 89.6 cm³/mol. The van der Waals surface area contributed by atoms with E-state index in [2.05, 4.69) is 53.7 Å². The molecule has 4 nitrogen and oxygen atoms in total. The minimum Gasteiger partial charge on any atom is -0.465 e. The van der Waals surface area contributed by atoms with Gasteiger partial charge in [-0.05, 0) is 45.3 Å². The Balaban J connectivity index is 2.83. The second kappa shape index (κ2) is 8.51. The summed E-state index contributed by atoms with van der Waals surface area (Å²) in [6.07, 6.45) is 0. The molecule has 1 unspecified atom stereocenters. The molecule has 0 saturated carbocycles. The van der Waals surface area contributed by atoms with Crippen LogP contribution in [0.3, 0.4) is 0 Å². The monoisotopic (exact) mass is 356 g/mol. The first-order chi connectivity index (χ1) is 9.88. The Morgan fingerprint density at radius 2 is 2.05 bits per heavy atom. The van der Waals surface area contributed by atoms with E-state index in [9.17, 15) is 4.79 Å². The standard InChI is InChI=1S/C16H25BrN2O2/c1-6-19(12(2)10-18(3)4)11-14-8-7-13(9-15(14)17)16(20)21-5/h7-9,12H,6,10-11H2,1-5H3. The van der Waals surface area contributed by atoms with Crippen molar-refractivity contribution in [2.45, 2.75) is 26.4 Å². The summed E-state index contributed by atoms with van der Waals surface area (Å²) in [5.41, 5.74) is 1.74. The predicted octanol–water partition coefficient (Wildman–Crippen LogP) is 3.01. The van der Waals surface area contributed by atoms with Gasteiger partial charge >= 0.3 is 5.97 Å².